The summed E-state index contributed by atoms with van der Waals surface area (Å²) >= 11 is 0. The van der Waals surface area contributed by atoms with Crippen molar-refractivity contribution in [3.8, 4) is 0 Å². The highest BCUT2D eigenvalue weighted by Crippen LogP contribution is 2.30. The van der Waals surface area contributed by atoms with Crippen LogP contribution in [0.1, 0.15) is 35.6 Å². The minimum atomic E-state index is -3.62. The van der Waals surface area contributed by atoms with Crippen molar-refractivity contribution >= 4 is 20.9 Å². The van der Waals surface area contributed by atoms with Gasteiger partial charge in [-0.1, -0.05) is 17.7 Å². The summed E-state index contributed by atoms with van der Waals surface area (Å²) in [5, 5.41) is 0.235. The van der Waals surface area contributed by atoms with Gasteiger partial charge in [0, 0.05) is 19.1 Å². The molecule has 0 radical (unpaired) electrons. The first-order chi connectivity index (χ1) is 14.2. The summed E-state index contributed by atoms with van der Waals surface area (Å²) in [5.74, 6) is -0.482. The van der Waals surface area contributed by atoms with Crippen LogP contribution in [-0.4, -0.2) is 35.4 Å². The highest BCUT2D eigenvalue weighted by atomic mass is 32.2. The number of aromatic nitrogens is 2. The second-order valence-corrected chi connectivity index (χ2v) is 9.86. The van der Waals surface area contributed by atoms with Crippen molar-refractivity contribution in [2.75, 3.05) is 13.1 Å². The molecule has 8 heteroatoms. The minimum absolute atomic E-state index is 0.177. The Kier molecular flexibility index (Phi) is 5.23. The third kappa shape index (κ3) is 3.54. The van der Waals surface area contributed by atoms with Crippen LogP contribution in [0, 0.1) is 26.6 Å². The average Bonchev–Trinajstić information content (AvgIpc) is 2.68. The van der Waals surface area contributed by atoms with E-state index in [1.807, 2.05) is 32.9 Å². The van der Waals surface area contributed by atoms with Gasteiger partial charge < -0.3 is 0 Å². The quantitative estimate of drug-likeness (QED) is 0.639. The summed E-state index contributed by atoms with van der Waals surface area (Å²) in [6.45, 7) is 6.21. The van der Waals surface area contributed by atoms with Gasteiger partial charge in [0.1, 0.15) is 5.82 Å². The smallest absolute Gasteiger partial charge is 0.261 e. The first-order valence-electron chi connectivity index (χ1n) is 9.93. The zero-order valence-electron chi connectivity index (χ0n) is 17.2. The lowest BCUT2D eigenvalue weighted by Gasteiger charge is -2.32. The molecule has 0 unspecified atom stereocenters. The van der Waals surface area contributed by atoms with Gasteiger partial charge in [-0.3, -0.25) is 9.36 Å². The molecule has 6 nitrogen and oxygen atoms in total. The van der Waals surface area contributed by atoms with Crippen molar-refractivity contribution in [2.45, 2.75) is 44.6 Å². The number of hydrogen-bond donors (Lipinski definition) is 0. The number of sulfonamides is 1. The molecule has 3 aromatic rings. The van der Waals surface area contributed by atoms with Crippen LogP contribution in [0.25, 0.3) is 10.9 Å². The van der Waals surface area contributed by atoms with E-state index >= 15 is 0 Å². The average molecular weight is 430 g/mol. The molecule has 0 N–H and O–H groups in total. The van der Waals surface area contributed by atoms with Crippen molar-refractivity contribution in [3.63, 3.8) is 0 Å². The molecule has 0 spiro atoms. The molecule has 1 aliphatic rings. The zero-order valence-corrected chi connectivity index (χ0v) is 18.0. The van der Waals surface area contributed by atoms with E-state index in [4.69, 9.17) is 0 Å². The maximum atomic E-state index is 13.6. The normalized spacial score (nSPS) is 16.3. The minimum Gasteiger partial charge on any atom is -0.296 e. The van der Waals surface area contributed by atoms with Gasteiger partial charge in [0.25, 0.3) is 5.56 Å². The number of aryl methyl sites for hydroxylation is 3. The molecule has 1 saturated heterocycles. The number of halogens is 1. The molecule has 30 heavy (non-hydrogen) atoms. The summed E-state index contributed by atoms with van der Waals surface area (Å²) in [6.07, 6.45) is 2.46. The molecule has 4 rings (SSSR count). The maximum Gasteiger partial charge on any atom is 0.261 e. The Morgan fingerprint density at radius 2 is 1.67 bits per heavy atom. The van der Waals surface area contributed by atoms with Crippen molar-refractivity contribution < 1.29 is 12.8 Å². The van der Waals surface area contributed by atoms with Gasteiger partial charge in [-0.05, 0) is 62.9 Å². The number of hydrogen-bond acceptors (Lipinski definition) is 4. The molecule has 0 bridgehead atoms. The summed E-state index contributed by atoms with van der Waals surface area (Å²) in [7, 11) is -3.62. The van der Waals surface area contributed by atoms with Crippen LogP contribution in [0.2, 0.25) is 0 Å². The monoisotopic (exact) mass is 429 g/mol. The number of nitrogens with zero attached hydrogens (tertiary/aromatic N) is 3. The van der Waals surface area contributed by atoms with Crippen LogP contribution < -0.4 is 5.56 Å². The SMILES string of the molecule is Cc1cc(C)c(S(=O)(=O)N2CCC(n3cnc4ccc(F)cc4c3=O)CC2)c(C)c1. The van der Waals surface area contributed by atoms with Crippen LogP contribution in [0.4, 0.5) is 4.39 Å². The van der Waals surface area contributed by atoms with Crippen LogP contribution in [0.3, 0.4) is 0 Å². The molecule has 0 aliphatic carbocycles. The number of rotatable bonds is 3. The molecule has 1 aromatic heterocycles. The Labute approximate surface area is 175 Å². The van der Waals surface area contributed by atoms with E-state index < -0.39 is 15.8 Å². The van der Waals surface area contributed by atoms with Gasteiger partial charge in [-0.25, -0.2) is 17.8 Å². The maximum absolute atomic E-state index is 13.6. The highest BCUT2D eigenvalue weighted by molar-refractivity contribution is 7.89. The van der Waals surface area contributed by atoms with Gasteiger partial charge in [-0.2, -0.15) is 4.31 Å². The van der Waals surface area contributed by atoms with E-state index in [2.05, 4.69) is 4.98 Å². The van der Waals surface area contributed by atoms with E-state index in [1.165, 1.54) is 33.4 Å². The van der Waals surface area contributed by atoms with Gasteiger partial charge in [0.2, 0.25) is 10.0 Å². The summed E-state index contributed by atoms with van der Waals surface area (Å²) in [5.41, 5.74) is 2.66. The first-order valence-corrected chi connectivity index (χ1v) is 11.4. The fourth-order valence-corrected chi connectivity index (χ4v) is 6.31. The van der Waals surface area contributed by atoms with Gasteiger partial charge in [0.15, 0.2) is 0 Å². The number of benzene rings is 2. The predicted octanol–water partition coefficient (Wildman–Crippen LogP) is 3.49. The Morgan fingerprint density at radius 1 is 1.03 bits per heavy atom. The standard InChI is InChI=1S/C22H24FN3O3S/c1-14-10-15(2)21(16(3)11-14)30(28,29)25-8-6-18(7-9-25)26-13-24-20-5-4-17(23)12-19(20)22(26)27/h4-5,10-13,18H,6-9H2,1-3H3. The molecule has 158 valence electrons. The Hall–Kier alpha value is -2.58. The third-order valence-electron chi connectivity index (χ3n) is 5.76. The van der Waals surface area contributed by atoms with Gasteiger partial charge in [0.05, 0.1) is 22.1 Å². The predicted molar refractivity (Wildman–Crippen MR) is 114 cm³/mol. The zero-order chi connectivity index (χ0) is 21.6. The van der Waals surface area contributed by atoms with Crippen LogP contribution in [-0.2, 0) is 10.0 Å². The molecule has 2 aromatic carbocycles. The van der Waals surface area contributed by atoms with E-state index in [0.29, 0.717) is 36.3 Å². The summed E-state index contributed by atoms with van der Waals surface area (Å²) < 4.78 is 43.1. The van der Waals surface area contributed by atoms with Crippen LogP contribution >= 0.6 is 0 Å². The molecular formula is C22H24FN3O3S. The fourth-order valence-electron chi connectivity index (χ4n) is 4.43. The highest BCUT2D eigenvalue weighted by Gasteiger charge is 2.32. The van der Waals surface area contributed by atoms with Crippen molar-refractivity contribution in [2.24, 2.45) is 0 Å². The molecule has 2 heterocycles. The van der Waals surface area contributed by atoms with Gasteiger partial charge in [-0.15, -0.1) is 0 Å². The number of piperidine rings is 1. The topological polar surface area (TPSA) is 72.3 Å². The van der Waals surface area contributed by atoms with Crippen molar-refractivity contribution in [1.29, 1.82) is 0 Å². The number of fused-ring (bicyclic) bond motifs is 1. The first kappa shape index (κ1) is 20.7. The molecule has 0 saturated carbocycles. The molecule has 0 amide bonds. The lowest BCUT2D eigenvalue weighted by molar-refractivity contribution is 0.269. The second kappa shape index (κ2) is 7.59. The second-order valence-electron chi connectivity index (χ2n) is 7.98. The lowest BCUT2D eigenvalue weighted by atomic mass is 10.1. The molecular weight excluding hydrogens is 405 g/mol. The molecule has 1 aliphatic heterocycles. The summed E-state index contributed by atoms with van der Waals surface area (Å²) in [4.78, 5) is 17.5. The van der Waals surface area contributed by atoms with E-state index in [1.54, 1.807) is 0 Å². The Balaban J connectivity index is 1.60. The largest absolute Gasteiger partial charge is 0.296 e. The third-order valence-corrected chi connectivity index (χ3v) is 7.97. The Morgan fingerprint density at radius 3 is 2.30 bits per heavy atom. The van der Waals surface area contributed by atoms with Gasteiger partial charge >= 0.3 is 0 Å². The Bertz CT molecular complexity index is 1270. The molecule has 0 atom stereocenters. The van der Waals surface area contributed by atoms with Crippen molar-refractivity contribution in [1.82, 2.24) is 13.9 Å². The van der Waals surface area contributed by atoms with Crippen LogP contribution in [0.15, 0.2) is 46.3 Å². The molecule has 1 fully saturated rings. The van der Waals surface area contributed by atoms with E-state index in [9.17, 15) is 17.6 Å². The van der Waals surface area contributed by atoms with E-state index in [0.717, 1.165) is 16.7 Å². The fraction of sp³-hybridized carbons (Fsp3) is 0.364. The van der Waals surface area contributed by atoms with Crippen molar-refractivity contribution in [3.05, 3.63) is 69.5 Å². The summed E-state index contributed by atoms with van der Waals surface area (Å²) in [6, 6.07) is 7.54. The lowest BCUT2D eigenvalue weighted by Crippen LogP contribution is -2.41. The van der Waals surface area contributed by atoms with E-state index in [-0.39, 0.29) is 17.0 Å². The van der Waals surface area contributed by atoms with Crippen LogP contribution in [0.5, 0.6) is 0 Å².